The number of para-hydroxylation sites is 1. The lowest BCUT2D eigenvalue weighted by Gasteiger charge is -2.14. The van der Waals surface area contributed by atoms with Crippen LogP contribution in [0, 0.1) is 0 Å². The molecular weight excluding hydrogens is 263 g/mol. The van der Waals surface area contributed by atoms with Crippen molar-refractivity contribution in [2.75, 3.05) is 13.7 Å². The number of alkyl halides is 3. The third kappa shape index (κ3) is 5.17. The molecule has 106 valence electrons. The lowest BCUT2D eigenvalue weighted by molar-refractivity contribution is -0.187. The maximum absolute atomic E-state index is 11.9. The van der Waals surface area contributed by atoms with Gasteiger partial charge < -0.3 is 15.2 Å². The first-order valence-electron chi connectivity index (χ1n) is 5.44. The lowest BCUT2D eigenvalue weighted by atomic mass is 10.1. The van der Waals surface area contributed by atoms with Gasteiger partial charge in [-0.1, -0.05) is 18.2 Å². The molecule has 1 aromatic rings. The first kappa shape index (κ1) is 15.3. The van der Waals surface area contributed by atoms with Crippen LogP contribution in [0.15, 0.2) is 24.3 Å². The zero-order valence-corrected chi connectivity index (χ0v) is 10.2. The van der Waals surface area contributed by atoms with Gasteiger partial charge in [0.2, 0.25) is 0 Å². The molecule has 0 saturated heterocycles. The summed E-state index contributed by atoms with van der Waals surface area (Å²) < 4.78 is 44.8. The van der Waals surface area contributed by atoms with E-state index in [0.717, 1.165) is 0 Å². The average Bonchev–Trinajstić information content (AvgIpc) is 2.35. The van der Waals surface area contributed by atoms with E-state index >= 15 is 0 Å². The van der Waals surface area contributed by atoms with Crippen LogP contribution in [0.25, 0.3) is 0 Å². The van der Waals surface area contributed by atoms with Gasteiger partial charge in [-0.2, -0.15) is 13.2 Å². The number of carbonyl (C=O) groups excluding carboxylic acids is 1. The van der Waals surface area contributed by atoms with Gasteiger partial charge in [0, 0.05) is 6.42 Å². The van der Waals surface area contributed by atoms with E-state index in [1.54, 1.807) is 24.3 Å². The summed E-state index contributed by atoms with van der Waals surface area (Å²) in [5.74, 6) is -0.579. The fourth-order valence-corrected chi connectivity index (χ4v) is 1.45. The molecule has 4 nitrogen and oxygen atoms in total. The number of methoxy groups -OCH3 is 1. The van der Waals surface area contributed by atoms with Crippen molar-refractivity contribution in [3.8, 4) is 5.75 Å². The minimum Gasteiger partial charge on any atom is -0.496 e. The first-order valence-corrected chi connectivity index (χ1v) is 5.44. The van der Waals surface area contributed by atoms with Crippen LogP contribution in [0.5, 0.6) is 5.75 Å². The second-order valence-electron chi connectivity index (χ2n) is 3.85. The van der Waals surface area contributed by atoms with Crippen LogP contribution < -0.4 is 10.5 Å². The average molecular weight is 277 g/mol. The SMILES string of the molecule is COc1ccccc1C[C@H](N)C(=O)OCC(F)(F)F. The van der Waals surface area contributed by atoms with E-state index in [1.165, 1.54) is 7.11 Å². The van der Waals surface area contributed by atoms with Crippen molar-refractivity contribution < 1.29 is 27.4 Å². The van der Waals surface area contributed by atoms with Crippen LogP contribution in [-0.2, 0) is 16.0 Å². The first-order chi connectivity index (χ1) is 8.83. The summed E-state index contributed by atoms with van der Waals surface area (Å²) in [4.78, 5) is 11.3. The third-order valence-electron chi connectivity index (χ3n) is 2.31. The standard InChI is InChI=1S/C12H14F3NO3/c1-18-10-5-3-2-4-8(10)6-9(16)11(17)19-7-12(13,14)15/h2-5,9H,6-7,16H2,1H3/t9-/m0/s1. The predicted octanol–water partition coefficient (Wildman–Crippen LogP) is 1.67. The molecule has 0 spiro atoms. The minimum atomic E-state index is -4.56. The maximum atomic E-state index is 11.9. The molecule has 0 heterocycles. The fraction of sp³-hybridized carbons (Fsp3) is 0.417. The summed E-state index contributed by atoms with van der Waals surface area (Å²) in [5, 5.41) is 0. The highest BCUT2D eigenvalue weighted by Gasteiger charge is 2.30. The van der Waals surface area contributed by atoms with E-state index in [1.807, 2.05) is 0 Å². The van der Waals surface area contributed by atoms with E-state index in [9.17, 15) is 18.0 Å². The van der Waals surface area contributed by atoms with Gasteiger partial charge >= 0.3 is 12.1 Å². The Labute approximate surface area is 108 Å². The molecule has 0 aliphatic carbocycles. The van der Waals surface area contributed by atoms with Crippen LogP contribution in [0.4, 0.5) is 13.2 Å². The molecule has 0 fully saturated rings. The number of carbonyl (C=O) groups is 1. The molecule has 0 unspecified atom stereocenters. The quantitative estimate of drug-likeness (QED) is 0.832. The van der Waals surface area contributed by atoms with Gasteiger partial charge in [-0.3, -0.25) is 4.79 Å². The fourth-order valence-electron chi connectivity index (χ4n) is 1.45. The molecule has 7 heteroatoms. The van der Waals surface area contributed by atoms with Crippen LogP contribution in [-0.4, -0.2) is 31.9 Å². The van der Waals surface area contributed by atoms with Gasteiger partial charge in [-0.05, 0) is 11.6 Å². The van der Waals surface area contributed by atoms with Gasteiger partial charge in [0.25, 0.3) is 0 Å². The van der Waals surface area contributed by atoms with Crippen molar-refractivity contribution in [3.05, 3.63) is 29.8 Å². The second-order valence-corrected chi connectivity index (χ2v) is 3.85. The van der Waals surface area contributed by atoms with E-state index in [0.29, 0.717) is 11.3 Å². The molecule has 0 aliphatic rings. The van der Waals surface area contributed by atoms with Gasteiger partial charge in [0.15, 0.2) is 6.61 Å². The van der Waals surface area contributed by atoms with E-state index in [4.69, 9.17) is 10.5 Å². The van der Waals surface area contributed by atoms with Crippen LogP contribution >= 0.6 is 0 Å². The van der Waals surface area contributed by atoms with E-state index < -0.39 is 24.8 Å². The predicted molar refractivity (Wildman–Crippen MR) is 61.7 cm³/mol. The number of rotatable bonds is 5. The Balaban J connectivity index is 2.59. The number of halogens is 3. The lowest BCUT2D eigenvalue weighted by Crippen LogP contribution is -2.36. The molecule has 1 rings (SSSR count). The van der Waals surface area contributed by atoms with Crippen molar-refractivity contribution in [2.24, 2.45) is 5.73 Å². The van der Waals surface area contributed by atoms with Crippen LogP contribution in [0.2, 0.25) is 0 Å². The van der Waals surface area contributed by atoms with Crippen molar-refractivity contribution in [3.63, 3.8) is 0 Å². The van der Waals surface area contributed by atoms with Gasteiger partial charge in [-0.25, -0.2) is 0 Å². The molecule has 1 atom stereocenters. The smallest absolute Gasteiger partial charge is 0.422 e. The second kappa shape index (κ2) is 6.42. The summed E-state index contributed by atoms with van der Waals surface area (Å²) in [6.07, 6.45) is -4.51. The maximum Gasteiger partial charge on any atom is 0.422 e. The molecule has 19 heavy (non-hydrogen) atoms. The van der Waals surface area contributed by atoms with E-state index in [-0.39, 0.29) is 6.42 Å². The van der Waals surface area contributed by atoms with Crippen LogP contribution in [0.1, 0.15) is 5.56 Å². The highest BCUT2D eigenvalue weighted by atomic mass is 19.4. The van der Waals surface area contributed by atoms with Gasteiger partial charge in [-0.15, -0.1) is 0 Å². The molecule has 0 bridgehead atoms. The largest absolute Gasteiger partial charge is 0.496 e. The third-order valence-corrected chi connectivity index (χ3v) is 2.31. The van der Waals surface area contributed by atoms with Crippen molar-refractivity contribution >= 4 is 5.97 Å². The highest BCUT2D eigenvalue weighted by Crippen LogP contribution is 2.19. The summed E-state index contributed by atoms with van der Waals surface area (Å²) in [7, 11) is 1.45. The summed E-state index contributed by atoms with van der Waals surface area (Å²) in [5.41, 5.74) is 6.13. The summed E-state index contributed by atoms with van der Waals surface area (Å²) in [6, 6.07) is 5.62. The molecule has 0 radical (unpaired) electrons. The highest BCUT2D eigenvalue weighted by molar-refractivity contribution is 5.76. The number of hydrogen-bond acceptors (Lipinski definition) is 4. The molecule has 0 aromatic heterocycles. The van der Waals surface area contributed by atoms with Gasteiger partial charge in [0.1, 0.15) is 11.8 Å². The molecule has 0 saturated carbocycles. The molecule has 0 amide bonds. The van der Waals surface area contributed by atoms with Gasteiger partial charge in [0.05, 0.1) is 7.11 Å². The Morgan fingerprint density at radius 3 is 2.58 bits per heavy atom. The zero-order valence-electron chi connectivity index (χ0n) is 10.2. The zero-order chi connectivity index (χ0) is 14.5. The molecule has 0 aliphatic heterocycles. The van der Waals surface area contributed by atoms with Crippen molar-refractivity contribution in [1.29, 1.82) is 0 Å². The topological polar surface area (TPSA) is 61.5 Å². The Hall–Kier alpha value is -1.76. The monoisotopic (exact) mass is 277 g/mol. The minimum absolute atomic E-state index is 0.0424. The Morgan fingerprint density at radius 1 is 1.37 bits per heavy atom. The van der Waals surface area contributed by atoms with E-state index in [2.05, 4.69) is 4.74 Å². The van der Waals surface area contributed by atoms with Crippen molar-refractivity contribution in [2.45, 2.75) is 18.6 Å². The summed E-state index contributed by atoms with van der Waals surface area (Å²) in [6.45, 7) is -1.63. The molecule has 1 aromatic carbocycles. The van der Waals surface area contributed by atoms with Crippen LogP contribution in [0.3, 0.4) is 0 Å². The Kier molecular flexibility index (Phi) is 5.17. The number of esters is 1. The summed E-state index contributed by atoms with van der Waals surface area (Å²) >= 11 is 0. The number of nitrogens with two attached hydrogens (primary N) is 1. The Bertz CT molecular complexity index is 434. The number of benzene rings is 1. The molecular formula is C12H14F3NO3. The Morgan fingerprint density at radius 2 is 2.00 bits per heavy atom. The number of ether oxygens (including phenoxy) is 2. The normalized spacial score (nSPS) is 12.9. The molecule has 2 N–H and O–H groups in total. The number of hydrogen-bond donors (Lipinski definition) is 1. The van der Waals surface area contributed by atoms with Crippen molar-refractivity contribution in [1.82, 2.24) is 0 Å².